The van der Waals surface area contributed by atoms with Gasteiger partial charge in [0, 0.05) is 4.88 Å². The van der Waals surface area contributed by atoms with Crippen molar-refractivity contribution in [3.63, 3.8) is 0 Å². The number of fused-ring (bicyclic) bond motifs is 1. The van der Waals surface area contributed by atoms with Gasteiger partial charge in [-0.3, -0.25) is 9.63 Å². The van der Waals surface area contributed by atoms with Gasteiger partial charge in [-0.2, -0.15) is 0 Å². The van der Waals surface area contributed by atoms with Gasteiger partial charge in [-0.25, -0.2) is 5.48 Å². The largest absolute Gasteiger partial charge is 0.284 e. The van der Waals surface area contributed by atoms with Gasteiger partial charge in [0.25, 0.3) is 5.91 Å². The van der Waals surface area contributed by atoms with Crippen LogP contribution in [-0.2, 0) is 17.7 Å². The average molecular weight is 267 g/mol. The van der Waals surface area contributed by atoms with E-state index in [4.69, 9.17) is 4.84 Å². The second-order valence-corrected chi connectivity index (χ2v) is 7.19. The Labute approximate surface area is 112 Å². The normalized spacial score (nSPS) is 19.4. The summed E-state index contributed by atoms with van der Waals surface area (Å²) in [6, 6.07) is 2.02. The van der Waals surface area contributed by atoms with Crippen molar-refractivity contribution in [1.82, 2.24) is 5.48 Å². The van der Waals surface area contributed by atoms with Crippen LogP contribution in [-0.4, -0.2) is 11.5 Å². The van der Waals surface area contributed by atoms with Crippen molar-refractivity contribution < 1.29 is 9.63 Å². The molecule has 0 saturated carbocycles. The van der Waals surface area contributed by atoms with Gasteiger partial charge in [-0.1, -0.05) is 6.92 Å². The standard InChI is InChI=1S/C14H21NO2S/c1-9-5-6-11-10(7-9)8-12(18-11)13(16)15-17-14(2,3)4/h8-9H,5-7H2,1-4H3,(H,15,16). The number of rotatable bonds is 2. The molecule has 0 aromatic carbocycles. The monoisotopic (exact) mass is 267 g/mol. The molecule has 1 amide bonds. The van der Waals surface area contributed by atoms with E-state index >= 15 is 0 Å². The smallest absolute Gasteiger partial charge is 0.268 e. The van der Waals surface area contributed by atoms with Crippen LogP contribution in [0, 0.1) is 5.92 Å². The second-order valence-electron chi connectivity index (χ2n) is 6.05. The van der Waals surface area contributed by atoms with Crippen LogP contribution in [0.15, 0.2) is 6.07 Å². The van der Waals surface area contributed by atoms with Crippen LogP contribution in [0.25, 0.3) is 0 Å². The van der Waals surface area contributed by atoms with Crippen LogP contribution in [0.3, 0.4) is 0 Å². The van der Waals surface area contributed by atoms with E-state index in [9.17, 15) is 4.79 Å². The van der Waals surface area contributed by atoms with Crippen molar-refractivity contribution in [2.45, 2.75) is 52.6 Å². The Morgan fingerprint density at radius 2 is 2.22 bits per heavy atom. The van der Waals surface area contributed by atoms with E-state index in [0.29, 0.717) is 0 Å². The summed E-state index contributed by atoms with van der Waals surface area (Å²) in [4.78, 5) is 19.4. The minimum absolute atomic E-state index is 0.128. The molecule has 1 aliphatic carbocycles. The Bertz CT molecular complexity index is 445. The van der Waals surface area contributed by atoms with Crippen LogP contribution >= 0.6 is 11.3 Å². The Morgan fingerprint density at radius 3 is 2.89 bits per heavy atom. The van der Waals surface area contributed by atoms with Crippen LogP contribution in [0.2, 0.25) is 0 Å². The summed E-state index contributed by atoms with van der Waals surface area (Å²) in [6.07, 6.45) is 3.43. The zero-order chi connectivity index (χ0) is 13.3. The highest BCUT2D eigenvalue weighted by Crippen LogP contribution is 2.32. The van der Waals surface area contributed by atoms with Crippen LogP contribution < -0.4 is 5.48 Å². The molecule has 0 aliphatic heterocycles. The molecule has 100 valence electrons. The molecule has 1 N–H and O–H groups in total. The van der Waals surface area contributed by atoms with Gasteiger partial charge in [0.2, 0.25) is 0 Å². The van der Waals surface area contributed by atoms with Crippen molar-refractivity contribution in [3.8, 4) is 0 Å². The number of thiophene rings is 1. The van der Waals surface area contributed by atoms with Crippen molar-refractivity contribution in [1.29, 1.82) is 0 Å². The molecule has 0 radical (unpaired) electrons. The fourth-order valence-corrected chi connectivity index (χ4v) is 3.16. The maximum atomic E-state index is 12.0. The zero-order valence-electron chi connectivity index (χ0n) is 11.5. The molecule has 1 unspecified atom stereocenters. The van der Waals surface area contributed by atoms with E-state index in [0.717, 1.165) is 23.6 Å². The number of carbonyl (C=O) groups excluding carboxylic acids is 1. The summed E-state index contributed by atoms with van der Waals surface area (Å²) in [7, 11) is 0. The quantitative estimate of drug-likeness (QED) is 0.835. The van der Waals surface area contributed by atoms with Crippen molar-refractivity contribution in [3.05, 3.63) is 21.4 Å². The predicted molar refractivity (Wildman–Crippen MR) is 73.8 cm³/mol. The first-order chi connectivity index (χ1) is 8.35. The third-order valence-corrected chi connectivity index (χ3v) is 4.24. The molecular weight excluding hydrogens is 246 g/mol. The third kappa shape index (κ3) is 3.33. The molecule has 0 bridgehead atoms. The molecule has 1 atom stereocenters. The van der Waals surface area contributed by atoms with Crippen molar-refractivity contribution in [2.75, 3.05) is 0 Å². The summed E-state index contributed by atoms with van der Waals surface area (Å²) in [5.41, 5.74) is 3.52. The SMILES string of the molecule is CC1CCc2sc(C(=O)NOC(C)(C)C)cc2C1. The summed E-state index contributed by atoms with van der Waals surface area (Å²) in [6.45, 7) is 8.00. The van der Waals surface area contributed by atoms with E-state index < -0.39 is 0 Å². The lowest BCUT2D eigenvalue weighted by atomic mass is 9.90. The molecule has 1 heterocycles. The second kappa shape index (κ2) is 5.02. The van der Waals surface area contributed by atoms with Gasteiger partial charge in [-0.05, 0) is 57.6 Å². The minimum Gasteiger partial charge on any atom is -0.268 e. The Kier molecular flexibility index (Phi) is 3.78. The number of carbonyl (C=O) groups is 1. The number of amides is 1. The first-order valence-electron chi connectivity index (χ1n) is 6.45. The zero-order valence-corrected chi connectivity index (χ0v) is 12.3. The number of hydrogen-bond donors (Lipinski definition) is 1. The van der Waals surface area contributed by atoms with E-state index in [1.807, 2.05) is 26.8 Å². The highest BCUT2D eigenvalue weighted by atomic mass is 32.1. The molecule has 0 saturated heterocycles. The predicted octanol–water partition coefficient (Wildman–Crippen LogP) is 3.33. The van der Waals surface area contributed by atoms with Crippen LogP contribution in [0.1, 0.15) is 54.2 Å². The van der Waals surface area contributed by atoms with Crippen LogP contribution in [0.4, 0.5) is 0 Å². The summed E-state index contributed by atoms with van der Waals surface area (Å²) in [5.74, 6) is 0.603. The molecule has 1 aromatic rings. The van der Waals surface area contributed by atoms with Gasteiger partial charge in [-0.15, -0.1) is 11.3 Å². The lowest BCUT2D eigenvalue weighted by Crippen LogP contribution is -2.33. The number of nitrogens with one attached hydrogen (secondary N) is 1. The van der Waals surface area contributed by atoms with Gasteiger partial charge < -0.3 is 0 Å². The first kappa shape index (κ1) is 13.6. The average Bonchev–Trinajstić information content (AvgIpc) is 2.67. The summed E-state index contributed by atoms with van der Waals surface area (Å²) >= 11 is 1.60. The first-order valence-corrected chi connectivity index (χ1v) is 7.27. The number of hydrogen-bond acceptors (Lipinski definition) is 3. The van der Waals surface area contributed by atoms with Crippen molar-refractivity contribution in [2.24, 2.45) is 5.92 Å². The molecule has 0 fully saturated rings. The van der Waals surface area contributed by atoms with Gasteiger partial charge >= 0.3 is 0 Å². The molecule has 3 nitrogen and oxygen atoms in total. The summed E-state index contributed by atoms with van der Waals surface area (Å²) < 4.78 is 0. The number of aryl methyl sites for hydroxylation is 1. The van der Waals surface area contributed by atoms with E-state index in [1.165, 1.54) is 16.9 Å². The molecule has 18 heavy (non-hydrogen) atoms. The van der Waals surface area contributed by atoms with Crippen LogP contribution in [0.5, 0.6) is 0 Å². The minimum atomic E-state index is -0.360. The maximum Gasteiger partial charge on any atom is 0.284 e. The molecular formula is C14H21NO2S. The van der Waals surface area contributed by atoms with E-state index in [-0.39, 0.29) is 11.5 Å². The third-order valence-electron chi connectivity index (χ3n) is 3.00. The lowest BCUT2D eigenvalue weighted by molar-refractivity contribution is -0.0588. The molecule has 0 spiro atoms. The molecule has 1 aromatic heterocycles. The fraction of sp³-hybridized carbons (Fsp3) is 0.643. The van der Waals surface area contributed by atoms with Gasteiger partial charge in [0.05, 0.1) is 10.5 Å². The Hall–Kier alpha value is -0.870. The fourth-order valence-electron chi connectivity index (χ4n) is 2.07. The van der Waals surface area contributed by atoms with E-state index in [1.54, 1.807) is 11.3 Å². The Balaban J connectivity index is 2.04. The van der Waals surface area contributed by atoms with Crippen molar-refractivity contribution >= 4 is 17.2 Å². The molecule has 1 aliphatic rings. The van der Waals surface area contributed by atoms with E-state index in [2.05, 4.69) is 12.4 Å². The molecule has 2 rings (SSSR count). The Morgan fingerprint density at radius 1 is 1.50 bits per heavy atom. The van der Waals surface area contributed by atoms with Gasteiger partial charge in [0.15, 0.2) is 0 Å². The summed E-state index contributed by atoms with van der Waals surface area (Å²) in [5, 5.41) is 0. The highest BCUT2D eigenvalue weighted by Gasteiger charge is 2.21. The lowest BCUT2D eigenvalue weighted by Gasteiger charge is -2.18. The highest BCUT2D eigenvalue weighted by molar-refractivity contribution is 7.14. The number of hydroxylamine groups is 1. The topological polar surface area (TPSA) is 38.3 Å². The molecule has 4 heteroatoms. The maximum absolute atomic E-state index is 12.0. The van der Waals surface area contributed by atoms with Gasteiger partial charge in [0.1, 0.15) is 0 Å².